The highest BCUT2D eigenvalue weighted by Gasteiger charge is 2.42. The van der Waals surface area contributed by atoms with Gasteiger partial charge in [-0.2, -0.15) is 0 Å². The van der Waals surface area contributed by atoms with E-state index in [0.717, 1.165) is 17.1 Å². The highest BCUT2D eigenvalue weighted by molar-refractivity contribution is 7.09. The van der Waals surface area contributed by atoms with E-state index in [1.807, 2.05) is 31.4 Å². The minimum absolute atomic E-state index is 0.149. The Bertz CT molecular complexity index is 1020. The second kappa shape index (κ2) is 8.39. The molecule has 0 radical (unpaired) electrons. The second-order valence-electron chi connectivity index (χ2n) is 7.57. The quantitative estimate of drug-likeness (QED) is 0.722. The fraction of sp³-hybridized carbons (Fsp3) is 0.364. The molecule has 1 aliphatic heterocycles. The Morgan fingerprint density at radius 2 is 2.07 bits per heavy atom. The van der Waals surface area contributed by atoms with Crippen LogP contribution in [0.3, 0.4) is 0 Å². The van der Waals surface area contributed by atoms with Gasteiger partial charge >= 0.3 is 0 Å². The van der Waals surface area contributed by atoms with Crippen LogP contribution in [0, 0.1) is 11.8 Å². The minimum atomic E-state index is -0.362. The van der Waals surface area contributed by atoms with Crippen molar-refractivity contribution < 1.29 is 14.4 Å². The Labute approximate surface area is 179 Å². The number of rotatable bonds is 5. The highest BCUT2D eigenvalue weighted by atomic mass is 32.1. The number of hydrogen-bond acceptors (Lipinski definition) is 5. The van der Waals surface area contributed by atoms with Crippen LogP contribution >= 0.6 is 11.3 Å². The molecule has 30 heavy (non-hydrogen) atoms. The van der Waals surface area contributed by atoms with Gasteiger partial charge in [0.15, 0.2) is 0 Å². The van der Waals surface area contributed by atoms with Crippen molar-refractivity contribution in [2.75, 3.05) is 5.01 Å². The Balaban J connectivity index is 1.50. The van der Waals surface area contributed by atoms with Crippen LogP contribution in [-0.2, 0) is 16.0 Å². The third kappa shape index (κ3) is 3.87. The molecule has 3 atom stereocenters. The summed E-state index contributed by atoms with van der Waals surface area (Å²) >= 11 is 1.58. The van der Waals surface area contributed by atoms with Crippen molar-refractivity contribution in [2.24, 2.45) is 11.8 Å². The molecular formula is C22H24N4O3S. The number of thiazole rings is 1. The molecule has 3 amide bonds. The average molecular weight is 425 g/mol. The molecule has 2 aliphatic rings. The van der Waals surface area contributed by atoms with Crippen LogP contribution in [0.15, 0.2) is 41.8 Å². The molecule has 4 rings (SSSR count). The second-order valence-corrected chi connectivity index (χ2v) is 8.51. The van der Waals surface area contributed by atoms with Crippen molar-refractivity contribution >= 4 is 34.7 Å². The van der Waals surface area contributed by atoms with Crippen molar-refractivity contribution in [2.45, 2.75) is 39.2 Å². The van der Waals surface area contributed by atoms with E-state index in [2.05, 4.69) is 15.7 Å². The zero-order chi connectivity index (χ0) is 21.3. The van der Waals surface area contributed by atoms with Gasteiger partial charge in [-0.25, -0.2) is 9.99 Å². The van der Waals surface area contributed by atoms with Crippen LogP contribution in [0.1, 0.15) is 53.8 Å². The summed E-state index contributed by atoms with van der Waals surface area (Å²) in [5, 5.41) is 7.21. The Morgan fingerprint density at radius 3 is 2.80 bits per heavy atom. The van der Waals surface area contributed by atoms with Gasteiger partial charge in [-0.05, 0) is 44.4 Å². The van der Waals surface area contributed by atoms with E-state index in [1.54, 1.807) is 35.6 Å². The first-order valence-corrected chi connectivity index (χ1v) is 11.0. The molecular weight excluding hydrogens is 400 g/mol. The van der Waals surface area contributed by atoms with Gasteiger partial charge in [0.05, 0.1) is 34.3 Å². The molecule has 1 saturated heterocycles. The third-order valence-corrected chi connectivity index (χ3v) is 6.57. The number of aromatic nitrogens is 1. The molecule has 2 aromatic rings. The Hall–Kier alpha value is -3.00. The van der Waals surface area contributed by atoms with Crippen LogP contribution in [0.2, 0.25) is 0 Å². The summed E-state index contributed by atoms with van der Waals surface area (Å²) in [6, 6.07) is 6.50. The molecule has 0 bridgehead atoms. The molecule has 8 heteroatoms. The smallest absolute Gasteiger partial charge is 0.251 e. The van der Waals surface area contributed by atoms with E-state index in [-0.39, 0.29) is 35.6 Å². The predicted molar refractivity (Wildman–Crippen MR) is 115 cm³/mol. The van der Waals surface area contributed by atoms with Gasteiger partial charge in [0, 0.05) is 10.9 Å². The number of carbonyl (C=O) groups is 3. The molecule has 3 unspecified atom stereocenters. The van der Waals surface area contributed by atoms with Gasteiger partial charge in [-0.3, -0.25) is 19.8 Å². The largest absolute Gasteiger partial charge is 0.344 e. The van der Waals surface area contributed by atoms with Crippen molar-refractivity contribution in [1.29, 1.82) is 0 Å². The van der Waals surface area contributed by atoms with Gasteiger partial charge in [0.1, 0.15) is 0 Å². The maximum absolute atomic E-state index is 13.0. The number of aryl methyl sites for hydroxylation is 1. The SMILES string of the molecule is CCc1nc(C(C)NC(=O)c2cccc(N3NC(=O)C4CC=CCC4C3=O)c2)cs1. The summed E-state index contributed by atoms with van der Waals surface area (Å²) in [6.07, 6.45) is 5.89. The fourth-order valence-corrected chi connectivity index (χ4v) is 4.65. The fourth-order valence-electron chi connectivity index (χ4n) is 3.81. The number of nitrogens with one attached hydrogen (secondary N) is 2. The molecule has 1 aromatic carbocycles. The van der Waals surface area contributed by atoms with Gasteiger partial charge in [-0.1, -0.05) is 25.1 Å². The van der Waals surface area contributed by atoms with E-state index in [4.69, 9.17) is 0 Å². The molecule has 2 N–H and O–H groups in total. The molecule has 2 heterocycles. The van der Waals surface area contributed by atoms with Crippen molar-refractivity contribution in [3.8, 4) is 0 Å². The van der Waals surface area contributed by atoms with Crippen LogP contribution in [0.4, 0.5) is 5.69 Å². The molecule has 1 aromatic heterocycles. The van der Waals surface area contributed by atoms with Gasteiger partial charge in [-0.15, -0.1) is 11.3 Å². The first-order valence-electron chi connectivity index (χ1n) is 10.1. The molecule has 1 aliphatic carbocycles. The third-order valence-electron chi connectivity index (χ3n) is 5.56. The summed E-state index contributed by atoms with van der Waals surface area (Å²) in [5.41, 5.74) is 4.41. The number of carbonyl (C=O) groups excluding carboxylic acids is 3. The van der Waals surface area contributed by atoms with Crippen LogP contribution < -0.4 is 15.8 Å². The number of allylic oxidation sites excluding steroid dienone is 2. The van der Waals surface area contributed by atoms with E-state index in [1.165, 1.54) is 5.01 Å². The van der Waals surface area contributed by atoms with Gasteiger partial charge in [0.2, 0.25) is 11.8 Å². The van der Waals surface area contributed by atoms with Gasteiger partial charge in [0.25, 0.3) is 5.91 Å². The topological polar surface area (TPSA) is 91.4 Å². The Morgan fingerprint density at radius 1 is 1.30 bits per heavy atom. The Kier molecular flexibility index (Phi) is 5.67. The van der Waals surface area contributed by atoms with Crippen LogP contribution in [0.5, 0.6) is 0 Å². The van der Waals surface area contributed by atoms with E-state index in [0.29, 0.717) is 24.1 Å². The normalized spacial score (nSPS) is 21.7. The van der Waals surface area contributed by atoms with Crippen molar-refractivity contribution in [1.82, 2.24) is 15.7 Å². The summed E-state index contributed by atoms with van der Waals surface area (Å²) in [5.74, 6) is -1.26. The van der Waals surface area contributed by atoms with Crippen molar-refractivity contribution in [3.63, 3.8) is 0 Å². The number of hydrazine groups is 1. The summed E-state index contributed by atoms with van der Waals surface area (Å²) in [7, 11) is 0. The summed E-state index contributed by atoms with van der Waals surface area (Å²) < 4.78 is 0. The molecule has 1 fully saturated rings. The maximum Gasteiger partial charge on any atom is 0.251 e. The minimum Gasteiger partial charge on any atom is -0.344 e. The zero-order valence-corrected chi connectivity index (χ0v) is 17.7. The lowest BCUT2D eigenvalue weighted by Gasteiger charge is -2.38. The first-order chi connectivity index (χ1) is 14.5. The standard InChI is InChI=1S/C22H24N4O3S/c1-3-19-24-18(12-30-19)13(2)23-20(27)14-7-6-8-15(11-14)26-22(29)17-10-5-4-9-16(17)21(28)25-26/h4-8,11-13,16-17H,3,9-10H2,1-2H3,(H,23,27)(H,25,28). The lowest BCUT2D eigenvalue weighted by atomic mass is 9.80. The van der Waals surface area contributed by atoms with E-state index >= 15 is 0 Å². The number of nitrogens with zero attached hydrogens (tertiary/aromatic N) is 2. The molecule has 0 spiro atoms. The first kappa shape index (κ1) is 20.3. The number of amides is 3. The van der Waals surface area contributed by atoms with Crippen LogP contribution in [-0.4, -0.2) is 22.7 Å². The molecule has 7 nitrogen and oxygen atoms in total. The number of fused-ring (bicyclic) bond motifs is 1. The van der Waals surface area contributed by atoms with E-state index < -0.39 is 0 Å². The lowest BCUT2D eigenvalue weighted by molar-refractivity contribution is -0.139. The monoisotopic (exact) mass is 424 g/mol. The molecule has 156 valence electrons. The number of hydrogen-bond donors (Lipinski definition) is 2. The average Bonchev–Trinajstić information content (AvgIpc) is 3.26. The predicted octanol–water partition coefficient (Wildman–Crippen LogP) is 3.16. The number of benzene rings is 1. The zero-order valence-electron chi connectivity index (χ0n) is 16.9. The lowest BCUT2D eigenvalue weighted by Crippen LogP contribution is -2.59. The summed E-state index contributed by atoms with van der Waals surface area (Å²) in [6.45, 7) is 3.94. The molecule has 0 saturated carbocycles. The van der Waals surface area contributed by atoms with E-state index in [9.17, 15) is 14.4 Å². The van der Waals surface area contributed by atoms with Gasteiger partial charge < -0.3 is 5.32 Å². The number of anilines is 1. The van der Waals surface area contributed by atoms with Crippen LogP contribution in [0.25, 0.3) is 0 Å². The highest BCUT2D eigenvalue weighted by Crippen LogP contribution is 2.32. The summed E-state index contributed by atoms with van der Waals surface area (Å²) in [4.78, 5) is 42.7. The van der Waals surface area contributed by atoms with Crippen molar-refractivity contribution in [3.05, 3.63) is 58.1 Å². The maximum atomic E-state index is 13.0.